The summed E-state index contributed by atoms with van der Waals surface area (Å²) in [6.07, 6.45) is 2.33. The molecule has 3 rings (SSSR count). The minimum atomic E-state index is -0.684. The van der Waals surface area contributed by atoms with Gasteiger partial charge < -0.3 is 4.74 Å². The highest BCUT2D eigenvalue weighted by atomic mass is 32.1. The summed E-state index contributed by atoms with van der Waals surface area (Å²) < 4.78 is 6.38. The van der Waals surface area contributed by atoms with Gasteiger partial charge in [-0.05, 0) is 52.3 Å². The second-order valence-electron chi connectivity index (χ2n) is 6.35. The van der Waals surface area contributed by atoms with E-state index in [9.17, 15) is 9.59 Å². The average molecular weight is 349 g/mol. The molecule has 2 aromatic heterocycles. The van der Waals surface area contributed by atoms with Crippen LogP contribution in [0.5, 0.6) is 0 Å². The van der Waals surface area contributed by atoms with Crippen LogP contribution in [0.4, 0.5) is 0 Å². The number of carbonyl (C=O) groups is 1. The molecule has 1 fully saturated rings. The smallest absolute Gasteiger partial charge is 0.328 e. The van der Waals surface area contributed by atoms with Crippen LogP contribution < -0.4 is 5.56 Å². The standard InChI is InChI=1S/C17H23N3O3S/c1-10-12(3)24-15-14(10)16(21)20(11(2)17(22)23-4)13(18-15)9-19-7-5-6-8-19/h11H,5-9H2,1-4H3. The SMILES string of the molecule is COC(=O)C(C)n1c(CN2CCCC2)nc2sc(C)c(C)c2c1=O. The number of esters is 1. The molecule has 0 saturated carbocycles. The van der Waals surface area contributed by atoms with E-state index in [0.717, 1.165) is 41.2 Å². The number of likely N-dealkylation sites (tertiary alicyclic amines) is 1. The van der Waals surface area contributed by atoms with Gasteiger partial charge in [-0.3, -0.25) is 14.3 Å². The topological polar surface area (TPSA) is 64.4 Å². The number of methoxy groups -OCH3 is 1. The van der Waals surface area contributed by atoms with Crippen molar-refractivity contribution < 1.29 is 9.53 Å². The first-order valence-electron chi connectivity index (χ1n) is 8.25. The molecule has 0 N–H and O–H groups in total. The van der Waals surface area contributed by atoms with Crippen molar-refractivity contribution in [3.8, 4) is 0 Å². The van der Waals surface area contributed by atoms with Gasteiger partial charge in [-0.2, -0.15) is 0 Å². The molecule has 7 heteroatoms. The van der Waals surface area contributed by atoms with Crippen LogP contribution in [0.15, 0.2) is 4.79 Å². The number of carbonyl (C=O) groups excluding carboxylic acids is 1. The molecule has 0 radical (unpaired) electrons. The van der Waals surface area contributed by atoms with Gasteiger partial charge in [0.2, 0.25) is 0 Å². The molecule has 6 nitrogen and oxygen atoms in total. The molecule has 24 heavy (non-hydrogen) atoms. The summed E-state index contributed by atoms with van der Waals surface area (Å²) in [7, 11) is 1.34. The summed E-state index contributed by atoms with van der Waals surface area (Å²) in [5.74, 6) is 0.221. The first-order valence-corrected chi connectivity index (χ1v) is 9.07. The molecule has 0 aliphatic carbocycles. The van der Waals surface area contributed by atoms with E-state index in [4.69, 9.17) is 9.72 Å². The largest absolute Gasteiger partial charge is 0.467 e. The minimum absolute atomic E-state index is 0.144. The fraction of sp³-hybridized carbons (Fsp3) is 0.588. The molecule has 3 heterocycles. The van der Waals surface area contributed by atoms with E-state index >= 15 is 0 Å². The van der Waals surface area contributed by atoms with Crippen LogP contribution in [0, 0.1) is 13.8 Å². The van der Waals surface area contributed by atoms with Crippen LogP contribution in [0.2, 0.25) is 0 Å². The van der Waals surface area contributed by atoms with E-state index in [1.165, 1.54) is 11.7 Å². The maximum Gasteiger partial charge on any atom is 0.328 e. The molecule has 1 atom stereocenters. The fourth-order valence-corrected chi connectivity index (χ4v) is 4.31. The average Bonchev–Trinajstić information content (AvgIpc) is 3.15. The molecule has 0 bridgehead atoms. The Morgan fingerprint density at radius 1 is 1.33 bits per heavy atom. The lowest BCUT2D eigenvalue weighted by molar-refractivity contribution is -0.144. The number of ether oxygens (including phenoxy) is 1. The van der Waals surface area contributed by atoms with Crippen molar-refractivity contribution >= 4 is 27.5 Å². The number of aryl methyl sites for hydroxylation is 2. The van der Waals surface area contributed by atoms with Crippen molar-refractivity contribution in [2.24, 2.45) is 0 Å². The molecule has 130 valence electrons. The summed E-state index contributed by atoms with van der Waals surface area (Å²) in [5.41, 5.74) is 0.806. The van der Waals surface area contributed by atoms with Crippen LogP contribution in [0.25, 0.3) is 10.2 Å². The van der Waals surface area contributed by atoms with Crippen LogP contribution in [0.3, 0.4) is 0 Å². The van der Waals surface area contributed by atoms with Crippen molar-refractivity contribution in [3.63, 3.8) is 0 Å². The van der Waals surface area contributed by atoms with E-state index < -0.39 is 12.0 Å². The predicted molar refractivity (Wildman–Crippen MR) is 94.6 cm³/mol. The van der Waals surface area contributed by atoms with Crippen LogP contribution in [-0.4, -0.2) is 40.6 Å². The third-order valence-corrected chi connectivity index (χ3v) is 5.90. The number of aromatic nitrogens is 2. The Kier molecular flexibility index (Phi) is 4.73. The molecule has 1 aliphatic rings. The number of hydrogen-bond acceptors (Lipinski definition) is 6. The molecular formula is C17H23N3O3S. The normalized spacial score (nSPS) is 16.7. The maximum atomic E-state index is 13.1. The monoisotopic (exact) mass is 349 g/mol. The zero-order chi connectivity index (χ0) is 17.4. The summed E-state index contributed by atoms with van der Waals surface area (Å²) in [4.78, 5) is 34.1. The van der Waals surface area contributed by atoms with Crippen LogP contribution >= 0.6 is 11.3 Å². The summed E-state index contributed by atoms with van der Waals surface area (Å²) in [5, 5.41) is 0.624. The van der Waals surface area contributed by atoms with E-state index in [1.807, 2.05) is 13.8 Å². The number of rotatable bonds is 4. The Morgan fingerprint density at radius 3 is 2.62 bits per heavy atom. The minimum Gasteiger partial charge on any atom is -0.467 e. The lowest BCUT2D eigenvalue weighted by Crippen LogP contribution is -2.35. The number of hydrogen-bond donors (Lipinski definition) is 0. The molecule has 2 aromatic rings. The summed E-state index contributed by atoms with van der Waals surface area (Å²) in [6.45, 7) is 8.22. The van der Waals surface area contributed by atoms with E-state index in [1.54, 1.807) is 18.3 Å². The Labute approximate surface area is 145 Å². The maximum absolute atomic E-state index is 13.1. The highest BCUT2D eigenvalue weighted by molar-refractivity contribution is 7.18. The Bertz CT molecular complexity index is 834. The Balaban J connectivity index is 2.19. The second-order valence-corrected chi connectivity index (χ2v) is 7.55. The van der Waals surface area contributed by atoms with Crippen LogP contribution in [-0.2, 0) is 16.1 Å². The third kappa shape index (κ3) is 2.86. The first kappa shape index (κ1) is 17.1. The molecule has 1 unspecified atom stereocenters. The quantitative estimate of drug-likeness (QED) is 0.793. The van der Waals surface area contributed by atoms with E-state index in [0.29, 0.717) is 17.8 Å². The lowest BCUT2D eigenvalue weighted by Gasteiger charge is -2.21. The highest BCUT2D eigenvalue weighted by Crippen LogP contribution is 2.27. The van der Waals surface area contributed by atoms with Gasteiger partial charge >= 0.3 is 5.97 Å². The van der Waals surface area contributed by atoms with Crippen molar-refractivity contribution in [1.82, 2.24) is 14.5 Å². The molecule has 1 aliphatic heterocycles. The van der Waals surface area contributed by atoms with E-state index in [-0.39, 0.29) is 5.56 Å². The van der Waals surface area contributed by atoms with Crippen molar-refractivity contribution in [1.29, 1.82) is 0 Å². The van der Waals surface area contributed by atoms with Gasteiger partial charge in [0.15, 0.2) is 0 Å². The van der Waals surface area contributed by atoms with Gasteiger partial charge in [0.05, 0.1) is 19.0 Å². The van der Waals surface area contributed by atoms with Crippen molar-refractivity contribution in [3.05, 3.63) is 26.6 Å². The molecule has 0 spiro atoms. The van der Waals surface area contributed by atoms with Gasteiger partial charge in [0, 0.05) is 4.88 Å². The first-order chi connectivity index (χ1) is 11.4. The lowest BCUT2D eigenvalue weighted by atomic mass is 10.2. The zero-order valence-electron chi connectivity index (χ0n) is 14.6. The van der Waals surface area contributed by atoms with E-state index in [2.05, 4.69) is 4.90 Å². The predicted octanol–water partition coefficient (Wildman–Crippen LogP) is 2.40. The fourth-order valence-electron chi connectivity index (χ4n) is 3.28. The molecule has 0 amide bonds. The van der Waals surface area contributed by atoms with Gasteiger partial charge in [0.1, 0.15) is 16.7 Å². The van der Waals surface area contributed by atoms with Gasteiger partial charge in [-0.25, -0.2) is 9.78 Å². The Morgan fingerprint density at radius 2 is 2.00 bits per heavy atom. The number of nitrogens with zero attached hydrogens (tertiary/aromatic N) is 3. The second kappa shape index (κ2) is 6.64. The summed E-state index contributed by atoms with van der Waals surface area (Å²) in [6, 6.07) is -0.684. The Hall–Kier alpha value is -1.73. The summed E-state index contributed by atoms with van der Waals surface area (Å²) >= 11 is 1.54. The van der Waals surface area contributed by atoms with Gasteiger partial charge in [-0.1, -0.05) is 0 Å². The van der Waals surface area contributed by atoms with Crippen LogP contribution in [0.1, 0.15) is 42.1 Å². The highest BCUT2D eigenvalue weighted by Gasteiger charge is 2.25. The third-order valence-electron chi connectivity index (χ3n) is 4.80. The van der Waals surface area contributed by atoms with Crippen molar-refractivity contribution in [2.75, 3.05) is 20.2 Å². The van der Waals surface area contributed by atoms with Crippen molar-refractivity contribution in [2.45, 2.75) is 46.2 Å². The van der Waals surface area contributed by atoms with Gasteiger partial charge in [0.25, 0.3) is 5.56 Å². The molecule has 1 saturated heterocycles. The number of thiophene rings is 1. The van der Waals surface area contributed by atoms with Gasteiger partial charge in [-0.15, -0.1) is 11.3 Å². The molecular weight excluding hydrogens is 326 g/mol. The number of fused-ring (bicyclic) bond motifs is 1. The molecule has 0 aromatic carbocycles. The zero-order valence-corrected chi connectivity index (χ0v) is 15.4.